The number of hydrogen-bond acceptors (Lipinski definition) is 5. The summed E-state index contributed by atoms with van der Waals surface area (Å²) in [6.45, 7) is 0.324. The van der Waals surface area contributed by atoms with Crippen LogP contribution in [0.4, 0.5) is 0 Å². The molecule has 21 heavy (non-hydrogen) atoms. The van der Waals surface area contributed by atoms with Crippen molar-refractivity contribution in [3.05, 3.63) is 57.5 Å². The smallest absolute Gasteiger partial charge is 0.293 e. The molecular formula is C14H11Cl2N3O2. The van der Waals surface area contributed by atoms with E-state index < -0.39 is 0 Å². The quantitative estimate of drug-likeness (QED) is 0.792. The molecule has 1 aromatic carbocycles. The minimum Gasteiger partial charge on any atom is -0.455 e. The minimum atomic E-state index is 0.324. The zero-order valence-electron chi connectivity index (χ0n) is 10.8. The molecule has 2 aromatic heterocycles. The summed E-state index contributed by atoms with van der Waals surface area (Å²) in [6.07, 6.45) is 0.491. The molecule has 0 aliphatic carbocycles. The summed E-state index contributed by atoms with van der Waals surface area (Å²) in [7, 11) is 0. The summed E-state index contributed by atoms with van der Waals surface area (Å²) in [5.41, 5.74) is 6.43. The lowest BCUT2D eigenvalue weighted by Gasteiger charge is -1.99. The van der Waals surface area contributed by atoms with E-state index in [1.807, 2.05) is 6.07 Å². The molecule has 0 spiro atoms. The fourth-order valence-electron chi connectivity index (χ4n) is 1.86. The Bertz CT molecular complexity index is 767. The van der Waals surface area contributed by atoms with Crippen molar-refractivity contribution in [2.75, 3.05) is 0 Å². The van der Waals surface area contributed by atoms with Crippen LogP contribution in [0.3, 0.4) is 0 Å². The molecule has 0 aliphatic rings. The van der Waals surface area contributed by atoms with Crippen LogP contribution in [0.1, 0.15) is 17.1 Å². The molecule has 0 amide bonds. The van der Waals surface area contributed by atoms with Crippen molar-refractivity contribution in [2.45, 2.75) is 13.0 Å². The molecule has 108 valence electrons. The lowest BCUT2D eigenvalue weighted by Crippen LogP contribution is -1.92. The maximum absolute atomic E-state index is 5.98. The van der Waals surface area contributed by atoms with Crippen molar-refractivity contribution in [3.63, 3.8) is 0 Å². The van der Waals surface area contributed by atoms with Crippen LogP contribution in [0.5, 0.6) is 0 Å². The summed E-state index contributed by atoms with van der Waals surface area (Å²) in [5, 5.41) is 4.93. The fourth-order valence-corrected chi connectivity index (χ4v) is 2.18. The van der Waals surface area contributed by atoms with Gasteiger partial charge in [-0.25, -0.2) is 0 Å². The Morgan fingerprint density at radius 2 is 1.95 bits per heavy atom. The van der Waals surface area contributed by atoms with Crippen LogP contribution in [0.25, 0.3) is 11.7 Å². The second kappa shape index (κ2) is 5.89. The Morgan fingerprint density at radius 1 is 1.10 bits per heavy atom. The van der Waals surface area contributed by atoms with E-state index in [4.69, 9.17) is 37.9 Å². The van der Waals surface area contributed by atoms with Crippen LogP contribution in [0.2, 0.25) is 10.0 Å². The van der Waals surface area contributed by atoms with Gasteiger partial charge in [-0.05, 0) is 29.8 Å². The van der Waals surface area contributed by atoms with Gasteiger partial charge in [-0.2, -0.15) is 4.98 Å². The number of benzene rings is 1. The standard InChI is InChI=1S/C14H11Cl2N3O2/c15-10-3-1-8(5-11(10)16)6-13-18-14(21-19-13)12-4-2-9(7-17)20-12/h1-5H,6-7,17H2. The van der Waals surface area contributed by atoms with Crippen LogP contribution in [0, 0.1) is 0 Å². The summed E-state index contributed by atoms with van der Waals surface area (Å²) >= 11 is 11.9. The van der Waals surface area contributed by atoms with E-state index >= 15 is 0 Å². The highest BCUT2D eigenvalue weighted by molar-refractivity contribution is 6.42. The molecule has 2 N–H and O–H groups in total. The van der Waals surface area contributed by atoms with Gasteiger partial charge in [0.05, 0.1) is 16.6 Å². The van der Waals surface area contributed by atoms with Crippen LogP contribution < -0.4 is 5.73 Å². The summed E-state index contributed by atoms with van der Waals surface area (Å²) < 4.78 is 10.6. The highest BCUT2D eigenvalue weighted by Gasteiger charge is 2.13. The van der Waals surface area contributed by atoms with E-state index in [2.05, 4.69) is 10.1 Å². The second-order valence-electron chi connectivity index (χ2n) is 4.41. The highest BCUT2D eigenvalue weighted by atomic mass is 35.5. The van der Waals surface area contributed by atoms with Gasteiger partial charge in [0.1, 0.15) is 5.76 Å². The van der Waals surface area contributed by atoms with E-state index in [0.717, 1.165) is 5.56 Å². The van der Waals surface area contributed by atoms with Crippen molar-refractivity contribution >= 4 is 23.2 Å². The Labute approximate surface area is 130 Å². The van der Waals surface area contributed by atoms with Crippen molar-refractivity contribution in [3.8, 4) is 11.7 Å². The average molecular weight is 324 g/mol. The van der Waals surface area contributed by atoms with Crippen molar-refractivity contribution < 1.29 is 8.94 Å². The predicted octanol–water partition coefficient (Wildman–Crippen LogP) is 3.69. The number of rotatable bonds is 4. The van der Waals surface area contributed by atoms with Crippen LogP contribution in [-0.2, 0) is 13.0 Å². The molecule has 0 saturated heterocycles. The molecule has 2 heterocycles. The monoisotopic (exact) mass is 323 g/mol. The Hall–Kier alpha value is -1.82. The number of nitrogens with two attached hydrogens (primary N) is 1. The lowest BCUT2D eigenvalue weighted by molar-refractivity contribution is 0.406. The van der Waals surface area contributed by atoms with Gasteiger partial charge in [0, 0.05) is 6.42 Å². The average Bonchev–Trinajstić information content (AvgIpc) is 3.11. The first-order valence-electron chi connectivity index (χ1n) is 6.21. The van der Waals surface area contributed by atoms with Crippen molar-refractivity contribution in [1.29, 1.82) is 0 Å². The third-order valence-corrected chi connectivity index (χ3v) is 3.63. The van der Waals surface area contributed by atoms with Gasteiger partial charge in [-0.3, -0.25) is 0 Å². The third-order valence-electron chi connectivity index (χ3n) is 2.89. The number of hydrogen-bond donors (Lipinski definition) is 1. The molecule has 5 nitrogen and oxygen atoms in total. The Kier molecular flexibility index (Phi) is 3.96. The fraction of sp³-hybridized carbons (Fsp3) is 0.143. The number of halogens is 2. The predicted molar refractivity (Wildman–Crippen MR) is 79.2 cm³/mol. The summed E-state index contributed by atoms with van der Waals surface area (Å²) in [6, 6.07) is 8.90. The van der Waals surface area contributed by atoms with Gasteiger partial charge >= 0.3 is 0 Å². The molecule has 0 bridgehead atoms. The topological polar surface area (TPSA) is 78.1 Å². The number of aromatic nitrogens is 2. The molecule has 0 radical (unpaired) electrons. The van der Waals surface area contributed by atoms with Gasteiger partial charge in [-0.15, -0.1) is 0 Å². The maximum Gasteiger partial charge on any atom is 0.293 e. The normalized spacial score (nSPS) is 11.0. The van der Waals surface area contributed by atoms with E-state index in [1.165, 1.54) is 0 Å². The molecular weight excluding hydrogens is 313 g/mol. The summed E-state index contributed by atoms with van der Waals surface area (Å²) in [4.78, 5) is 4.29. The van der Waals surface area contributed by atoms with Crippen molar-refractivity contribution in [1.82, 2.24) is 10.1 Å². The minimum absolute atomic E-state index is 0.324. The Morgan fingerprint density at radius 3 is 2.67 bits per heavy atom. The first-order valence-corrected chi connectivity index (χ1v) is 6.97. The van der Waals surface area contributed by atoms with E-state index in [-0.39, 0.29) is 0 Å². The lowest BCUT2D eigenvalue weighted by atomic mass is 10.1. The molecule has 3 aromatic rings. The zero-order valence-corrected chi connectivity index (χ0v) is 12.4. The van der Waals surface area contributed by atoms with E-state index in [1.54, 1.807) is 24.3 Å². The third kappa shape index (κ3) is 3.10. The van der Waals surface area contributed by atoms with Gasteiger partial charge in [0.25, 0.3) is 5.89 Å². The number of furan rings is 1. The largest absolute Gasteiger partial charge is 0.455 e. The highest BCUT2D eigenvalue weighted by Crippen LogP contribution is 2.24. The first kappa shape index (κ1) is 14.1. The molecule has 0 saturated carbocycles. The molecule has 0 unspecified atom stereocenters. The number of nitrogens with zero attached hydrogens (tertiary/aromatic N) is 2. The van der Waals surface area contributed by atoms with Crippen molar-refractivity contribution in [2.24, 2.45) is 5.73 Å². The molecule has 0 atom stereocenters. The SMILES string of the molecule is NCc1ccc(-c2nc(Cc3ccc(Cl)c(Cl)c3)no2)o1. The summed E-state index contributed by atoms with van der Waals surface area (Å²) in [5.74, 6) is 2.02. The van der Waals surface area contributed by atoms with Gasteiger partial charge in [0.2, 0.25) is 0 Å². The van der Waals surface area contributed by atoms with Gasteiger partial charge in [-0.1, -0.05) is 34.4 Å². The van der Waals surface area contributed by atoms with Crippen LogP contribution >= 0.6 is 23.2 Å². The second-order valence-corrected chi connectivity index (χ2v) is 5.23. The zero-order chi connectivity index (χ0) is 14.8. The van der Waals surface area contributed by atoms with E-state index in [9.17, 15) is 0 Å². The Balaban J connectivity index is 1.79. The van der Waals surface area contributed by atoms with E-state index in [0.29, 0.717) is 46.2 Å². The molecule has 0 fully saturated rings. The van der Waals surface area contributed by atoms with Gasteiger partial charge in [0.15, 0.2) is 11.6 Å². The molecule has 7 heteroatoms. The first-order chi connectivity index (χ1) is 10.2. The van der Waals surface area contributed by atoms with Crippen LogP contribution in [0.15, 0.2) is 39.3 Å². The molecule has 3 rings (SSSR count). The van der Waals surface area contributed by atoms with Crippen LogP contribution in [-0.4, -0.2) is 10.1 Å². The molecule has 0 aliphatic heterocycles. The van der Waals surface area contributed by atoms with Gasteiger partial charge < -0.3 is 14.7 Å². The maximum atomic E-state index is 5.98.